The van der Waals surface area contributed by atoms with E-state index in [-0.39, 0.29) is 0 Å². The van der Waals surface area contributed by atoms with Crippen molar-refractivity contribution >= 4 is 22.6 Å². The first-order valence-corrected chi connectivity index (χ1v) is 8.78. The number of para-hydroxylation sites is 1. The van der Waals surface area contributed by atoms with Crippen molar-refractivity contribution in [2.75, 3.05) is 0 Å². The first-order chi connectivity index (χ1) is 12.8. The third kappa shape index (κ3) is 3.54. The number of hydrogen-bond acceptors (Lipinski definition) is 3. The van der Waals surface area contributed by atoms with Crippen LogP contribution in [0.25, 0.3) is 11.0 Å². The fourth-order valence-electron chi connectivity index (χ4n) is 2.94. The van der Waals surface area contributed by atoms with E-state index in [4.69, 9.17) is 4.99 Å². The molecule has 4 nitrogen and oxygen atoms in total. The zero-order valence-electron chi connectivity index (χ0n) is 14.7. The third-order valence-electron chi connectivity index (χ3n) is 4.37. The highest BCUT2D eigenvalue weighted by atomic mass is 15.4. The van der Waals surface area contributed by atoms with Gasteiger partial charge >= 0.3 is 0 Å². The maximum absolute atomic E-state index is 4.88. The Morgan fingerprint density at radius 2 is 1.62 bits per heavy atom. The summed E-state index contributed by atoms with van der Waals surface area (Å²) in [6.07, 6.45) is 1.69. The fraction of sp³-hybridized carbons (Fsp3) is 0.136. The molecule has 4 rings (SSSR count). The van der Waals surface area contributed by atoms with Crippen molar-refractivity contribution in [3.63, 3.8) is 0 Å². The van der Waals surface area contributed by atoms with Gasteiger partial charge in [0.1, 0.15) is 11.4 Å². The molecule has 0 fully saturated rings. The van der Waals surface area contributed by atoms with Gasteiger partial charge in [0.15, 0.2) is 0 Å². The van der Waals surface area contributed by atoms with Gasteiger partial charge in [0.2, 0.25) is 0 Å². The zero-order chi connectivity index (χ0) is 17.8. The average molecular weight is 340 g/mol. The molecule has 128 valence electrons. The SMILES string of the molecule is Cc1ccc(N=C(CCc2ccccc2)n2nnc3ccccc32)cc1. The molecule has 1 aromatic heterocycles. The molecule has 26 heavy (non-hydrogen) atoms. The minimum atomic E-state index is 0.783. The number of rotatable bonds is 4. The lowest BCUT2D eigenvalue weighted by atomic mass is 10.1. The molecule has 0 aliphatic rings. The van der Waals surface area contributed by atoms with Crippen LogP contribution in [0.4, 0.5) is 5.69 Å². The van der Waals surface area contributed by atoms with Crippen LogP contribution in [0.2, 0.25) is 0 Å². The van der Waals surface area contributed by atoms with E-state index < -0.39 is 0 Å². The number of aromatic nitrogens is 3. The topological polar surface area (TPSA) is 43.1 Å². The molecule has 0 aliphatic carbocycles. The van der Waals surface area contributed by atoms with Crippen LogP contribution in [0.5, 0.6) is 0 Å². The van der Waals surface area contributed by atoms with E-state index in [2.05, 4.69) is 53.6 Å². The molecular formula is C22H20N4. The summed E-state index contributed by atoms with van der Waals surface area (Å²) < 4.78 is 1.86. The van der Waals surface area contributed by atoms with Crippen LogP contribution in [-0.4, -0.2) is 20.8 Å². The molecule has 0 saturated carbocycles. The predicted octanol–water partition coefficient (Wildman–Crippen LogP) is 4.95. The molecule has 0 saturated heterocycles. The summed E-state index contributed by atoms with van der Waals surface area (Å²) in [7, 11) is 0. The van der Waals surface area contributed by atoms with E-state index in [1.807, 2.05) is 47.1 Å². The van der Waals surface area contributed by atoms with E-state index in [1.54, 1.807) is 0 Å². The Balaban J connectivity index is 1.72. The molecule has 0 N–H and O–H groups in total. The lowest BCUT2D eigenvalue weighted by Gasteiger charge is -2.08. The van der Waals surface area contributed by atoms with Crippen LogP contribution in [-0.2, 0) is 6.42 Å². The van der Waals surface area contributed by atoms with Gasteiger partial charge in [-0.2, -0.15) is 4.68 Å². The Morgan fingerprint density at radius 3 is 2.42 bits per heavy atom. The molecule has 3 aromatic carbocycles. The molecule has 0 spiro atoms. The third-order valence-corrected chi connectivity index (χ3v) is 4.37. The summed E-state index contributed by atoms with van der Waals surface area (Å²) in [4.78, 5) is 4.88. The molecular weight excluding hydrogens is 320 g/mol. The molecule has 4 heteroatoms. The van der Waals surface area contributed by atoms with Gasteiger partial charge in [-0.1, -0.05) is 65.4 Å². The molecule has 4 aromatic rings. The van der Waals surface area contributed by atoms with E-state index in [9.17, 15) is 0 Å². The summed E-state index contributed by atoms with van der Waals surface area (Å²) in [6.45, 7) is 2.08. The van der Waals surface area contributed by atoms with Crippen LogP contribution >= 0.6 is 0 Å². The second kappa shape index (κ2) is 7.31. The Kier molecular flexibility index (Phi) is 4.56. The number of fused-ring (bicyclic) bond motifs is 1. The lowest BCUT2D eigenvalue weighted by Crippen LogP contribution is -2.14. The van der Waals surface area contributed by atoms with Crippen molar-refractivity contribution in [3.8, 4) is 0 Å². The number of aryl methyl sites for hydroxylation is 2. The van der Waals surface area contributed by atoms with E-state index in [0.29, 0.717) is 0 Å². The van der Waals surface area contributed by atoms with Crippen molar-refractivity contribution in [3.05, 3.63) is 90.0 Å². The van der Waals surface area contributed by atoms with E-state index in [1.165, 1.54) is 11.1 Å². The lowest BCUT2D eigenvalue weighted by molar-refractivity contribution is 0.829. The van der Waals surface area contributed by atoms with Gasteiger partial charge in [0.05, 0.1) is 11.2 Å². The average Bonchev–Trinajstić information content (AvgIpc) is 3.11. The van der Waals surface area contributed by atoms with Gasteiger partial charge in [-0.3, -0.25) is 0 Å². The Hall–Kier alpha value is -3.27. The summed E-state index contributed by atoms with van der Waals surface area (Å²) >= 11 is 0. The highest BCUT2D eigenvalue weighted by Gasteiger charge is 2.11. The van der Waals surface area contributed by atoms with Gasteiger partial charge in [-0.15, -0.1) is 5.10 Å². The van der Waals surface area contributed by atoms with Gasteiger partial charge in [0, 0.05) is 6.42 Å². The Morgan fingerprint density at radius 1 is 0.885 bits per heavy atom. The molecule has 0 amide bonds. The van der Waals surface area contributed by atoms with Crippen LogP contribution in [0.1, 0.15) is 17.5 Å². The number of nitrogens with zero attached hydrogens (tertiary/aromatic N) is 4. The first-order valence-electron chi connectivity index (χ1n) is 8.78. The number of aliphatic imine (C=N–C) groups is 1. The second-order valence-electron chi connectivity index (χ2n) is 6.34. The monoisotopic (exact) mass is 340 g/mol. The van der Waals surface area contributed by atoms with Gasteiger partial charge < -0.3 is 0 Å². The summed E-state index contributed by atoms with van der Waals surface area (Å²) in [6, 6.07) is 26.7. The van der Waals surface area contributed by atoms with Crippen LogP contribution in [0, 0.1) is 6.92 Å². The van der Waals surface area contributed by atoms with Crippen molar-refractivity contribution in [1.29, 1.82) is 0 Å². The quantitative estimate of drug-likeness (QED) is 0.390. The van der Waals surface area contributed by atoms with E-state index >= 15 is 0 Å². The van der Waals surface area contributed by atoms with E-state index in [0.717, 1.165) is 35.4 Å². The van der Waals surface area contributed by atoms with Crippen LogP contribution in [0.3, 0.4) is 0 Å². The summed E-state index contributed by atoms with van der Waals surface area (Å²) in [5.41, 5.74) is 5.29. The highest BCUT2D eigenvalue weighted by Crippen LogP contribution is 2.17. The van der Waals surface area contributed by atoms with Gasteiger partial charge in [-0.25, -0.2) is 4.99 Å². The molecule has 1 heterocycles. The minimum Gasteiger partial charge on any atom is -0.233 e. The molecule has 0 bridgehead atoms. The standard InChI is InChI=1S/C22H20N4/c1-17-11-14-19(15-12-17)23-22(16-13-18-7-3-2-4-8-18)26-21-10-6-5-9-20(21)24-25-26/h2-12,14-15H,13,16H2,1H3. The largest absolute Gasteiger partial charge is 0.233 e. The van der Waals surface area contributed by atoms with Crippen molar-refractivity contribution in [2.24, 2.45) is 4.99 Å². The van der Waals surface area contributed by atoms with Gasteiger partial charge in [-0.05, 0) is 43.2 Å². The van der Waals surface area contributed by atoms with Crippen molar-refractivity contribution in [1.82, 2.24) is 15.0 Å². The Bertz CT molecular complexity index is 1030. The molecule has 0 unspecified atom stereocenters. The van der Waals surface area contributed by atoms with Crippen LogP contribution in [0.15, 0.2) is 83.9 Å². The Labute approximate surface area is 152 Å². The first kappa shape index (κ1) is 16.2. The summed E-state index contributed by atoms with van der Waals surface area (Å²) in [5.74, 6) is 0.895. The van der Waals surface area contributed by atoms with Gasteiger partial charge in [0.25, 0.3) is 0 Å². The fourth-order valence-corrected chi connectivity index (χ4v) is 2.94. The maximum Gasteiger partial charge on any atom is 0.133 e. The second-order valence-corrected chi connectivity index (χ2v) is 6.34. The normalized spacial score (nSPS) is 11.8. The predicted molar refractivity (Wildman–Crippen MR) is 106 cm³/mol. The zero-order valence-corrected chi connectivity index (χ0v) is 14.7. The highest BCUT2D eigenvalue weighted by molar-refractivity contribution is 5.93. The minimum absolute atomic E-state index is 0.783. The molecule has 0 atom stereocenters. The van der Waals surface area contributed by atoms with Crippen molar-refractivity contribution < 1.29 is 0 Å². The smallest absolute Gasteiger partial charge is 0.133 e. The van der Waals surface area contributed by atoms with Crippen molar-refractivity contribution in [2.45, 2.75) is 19.8 Å². The number of benzene rings is 3. The molecule has 0 aliphatic heterocycles. The number of hydrogen-bond donors (Lipinski definition) is 0. The maximum atomic E-state index is 4.88. The van der Waals surface area contributed by atoms with Crippen LogP contribution < -0.4 is 0 Å². The summed E-state index contributed by atoms with van der Waals surface area (Å²) in [5, 5.41) is 8.64. The molecule has 0 radical (unpaired) electrons.